The Balaban J connectivity index is 1.48. The standard InChI is InChI=1S/C17H14F3N3O2/c18-10-7-11(19)17(20)14(8-10)25-9-16(24)21-6-5-15-22-12-3-1-2-4-13(12)23-15/h1-4,7-8H,5-6,9H2,(H,21,24)(H,22,23). The lowest BCUT2D eigenvalue weighted by Gasteiger charge is -2.08. The van der Waals surface area contributed by atoms with Crippen molar-refractivity contribution in [2.24, 2.45) is 0 Å². The predicted octanol–water partition coefficient (Wildman–Crippen LogP) is 2.72. The van der Waals surface area contributed by atoms with Crippen LogP contribution in [0.1, 0.15) is 5.82 Å². The van der Waals surface area contributed by atoms with E-state index in [1.54, 1.807) is 0 Å². The Labute approximate surface area is 140 Å². The lowest BCUT2D eigenvalue weighted by molar-refractivity contribution is -0.123. The minimum atomic E-state index is -1.37. The third kappa shape index (κ3) is 4.09. The van der Waals surface area contributed by atoms with Crippen molar-refractivity contribution >= 4 is 16.9 Å². The molecule has 0 saturated carbocycles. The molecule has 25 heavy (non-hydrogen) atoms. The van der Waals surface area contributed by atoms with Gasteiger partial charge in [-0.2, -0.15) is 4.39 Å². The number of fused-ring (bicyclic) bond motifs is 1. The summed E-state index contributed by atoms with van der Waals surface area (Å²) in [5.41, 5.74) is 1.73. The molecule has 0 unspecified atom stereocenters. The lowest BCUT2D eigenvalue weighted by Crippen LogP contribution is -2.30. The van der Waals surface area contributed by atoms with Gasteiger partial charge in [0.1, 0.15) is 11.6 Å². The van der Waals surface area contributed by atoms with Gasteiger partial charge in [-0.25, -0.2) is 13.8 Å². The van der Waals surface area contributed by atoms with E-state index in [0.717, 1.165) is 11.0 Å². The van der Waals surface area contributed by atoms with Gasteiger partial charge in [0.15, 0.2) is 18.2 Å². The zero-order valence-electron chi connectivity index (χ0n) is 13.0. The van der Waals surface area contributed by atoms with Gasteiger partial charge in [-0.1, -0.05) is 12.1 Å². The Hall–Kier alpha value is -3.03. The number of aromatic amines is 1. The fourth-order valence-electron chi connectivity index (χ4n) is 2.28. The average molecular weight is 349 g/mol. The van der Waals surface area contributed by atoms with Crippen LogP contribution in [0, 0.1) is 17.5 Å². The molecule has 0 bridgehead atoms. The minimum Gasteiger partial charge on any atom is -0.480 e. The van der Waals surface area contributed by atoms with E-state index in [-0.39, 0.29) is 6.54 Å². The van der Waals surface area contributed by atoms with Crippen LogP contribution in [0.4, 0.5) is 13.2 Å². The van der Waals surface area contributed by atoms with E-state index < -0.39 is 35.7 Å². The van der Waals surface area contributed by atoms with Crippen molar-refractivity contribution in [3.8, 4) is 5.75 Å². The zero-order chi connectivity index (χ0) is 17.8. The van der Waals surface area contributed by atoms with E-state index in [1.165, 1.54) is 0 Å². The highest BCUT2D eigenvalue weighted by Gasteiger charge is 2.13. The van der Waals surface area contributed by atoms with Crippen molar-refractivity contribution in [1.29, 1.82) is 0 Å². The summed E-state index contributed by atoms with van der Waals surface area (Å²) in [6.07, 6.45) is 0.462. The van der Waals surface area contributed by atoms with Gasteiger partial charge in [0.05, 0.1) is 11.0 Å². The number of halogens is 3. The number of hydrogen-bond acceptors (Lipinski definition) is 3. The van der Waals surface area contributed by atoms with Gasteiger partial charge < -0.3 is 15.0 Å². The molecule has 0 aliphatic heterocycles. The van der Waals surface area contributed by atoms with Crippen molar-refractivity contribution in [2.75, 3.05) is 13.2 Å². The predicted molar refractivity (Wildman–Crippen MR) is 84.6 cm³/mol. The molecular formula is C17H14F3N3O2. The molecule has 3 rings (SSSR count). The second kappa shape index (κ2) is 7.25. The molecule has 0 aliphatic rings. The van der Waals surface area contributed by atoms with Crippen LogP contribution in [0.25, 0.3) is 11.0 Å². The highest BCUT2D eigenvalue weighted by atomic mass is 19.2. The Kier molecular flexibility index (Phi) is 4.87. The van der Waals surface area contributed by atoms with Crippen LogP contribution in [0.2, 0.25) is 0 Å². The maximum absolute atomic E-state index is 13.4. The van der Waals surface area contributed by atoms with Gasteiger partial charge in [0.2, 0.25) is 5.82 Å². The summed E-state index contributed by atoms with van der Waals surface area (Å²) in [6, 6.07) is 8.60. The van der Waals surface area contributed by atoms with Crippen LogP contribution in [-0.4, -0.2) is 29.0 Å². The first-order valence-corrected chi connectivity index (χ1v) is 7.50. The highest BCUT2D eigenvalue weighted by molar-refractivity contribution is 5.77. The highest BCUT2D eigenvalue weighted by Crippen LogP contribution is 2.21. The van der Waals surface area contributed by atoms with Crippen molar-refractivity contribution < 1.29 is 22.7 Å². The second-order valence-corrected chi connectivity index (χ2v) is 5.29. The largest absolute Gasteiger partial charge is 0.480 e. The molecule has 0 saturated heterocycles. The van der Waals surface area contributed by atoms with Gasteiger partial charge in [-0.15, -0.1) is 0 Å². The van der Waals surface area contributed by atoms with Crippen LogP contribution < -0.4 is 10.1 Å². The summed E-state index contributed by atoms with van der Waals surface area (Å²) in [5.74, 6) is -4.18. The zero-order valence-corrected chi connectivity index (χ0v) is 13.0. The molecule has 8 heteroatoms. The van der Waals surface area contributed by atoms with E-state index in [1.807, 2.05) is 24.3 Å². The molecule has 1 amide bonds. The topological polar surface area (TPSA) is 67.0 Å². The number of nitrogens with one attached hydrogen (secondary N) is 2. The molecule has 3 aromatic rings. The van der Waals surface area contributed by atoms with Gasteiger partial charge in [0, 0.05) is 25.1 Å². The van der Waals surface area contributed by atoms with E-state index in [9.17, 15) is 18.0 Å². The van der Waals surface area contributed by atoms with Crippen LogP contribution in [-0.2, 0) is 11.2 Å². The first-order chi connectivity index (χ1) is 12.0. The molecule has 130 valence electrons. The van der Waals surface area contributed by atoms with E-state index in [2.05, 4.69) is 15.3 Å². The molecule has 0 atom stereocenters. The maximum Gasteiger partial charge on any atom is 0.257 e. The number of ether oxygens (including phenoxy) is 1. The molecule has 0 aliphatic carbocycles. The Morgan fingerprint density at radius 3 is 2.80 bits per heavy atom. The van der Waals surface area contributed by atoms with Crippen LogP contribution in [0.3, 0.4) is 0 Å². The second-order valence-electron chi connectivity index (χ2n) is 5.29. The van der Waals surface area contributed by atoms with Gasteiger partial charge >= 0.3 is 0 Å². The molecule has 5 nitrogen and oxygen atoms in total. The minimum absolute atomic E-state index is 0.280. The molecule has 1 heterocycles. The Morgan fingerprint density at radius 1 is 1.20 bits per heavy atom. The van der Waals surface area contributed by atoms with Crippen LogP contribution >= 0.6 is 0 Å². The fraction of sp³-hybridized carbons (Fsp3) is 0.176. The fourth-order valence-corrected chi connectivity index (χ4v) is 2.28. The van der Waals surface area contributed by atoms with Gasteiger partial charge in [0.25, 0.3) is 5.91 Å². The van der Waals surface area contributed by atoms with Crippen LogP contribution in [0.5, 0.6) is 5.75 Å². The quantitative estimate of drug-likeness (QED) is 0.673. The Morgan fingerprint density at radius 2 is 2.00 bits per heavy atom. The van der Waals surface area contributed by atoms with Crippen molar-refractivity contribution in [3.05, 3.63) is 59.7 Å². The number of carbonyl (C=O) groups excluding carboxylic acids is 1. The summed E-state index contributed by atoms with van der Waals surface area (Å²) in [4.78, 5) is 19.2. The number of H-pyrrole nitrogens is 1. The lowest BCUT2D eigenvalue weighted by atomic mass is 10.3. The first-order valence-electron chi connectivity index (χ1n) is 7.50. The third-order valence-electron chi connectivity index (χ3n) is 3.44. The van der Waals surface area contributed by atoms with E-state index in [4.69, 9.17) is 4.74 Å². The molecule has 0 spiro atoms. The number of aromatic nitrogens is 2. The van der Waals surface area contributed by atoms with Crippen molar-refractivity contribution in [3.63, 3.8) is 0 Å². The monoisotopic (exact) mass is 349 g/mol. The van der Waals surface area contributed by atoms with Gasteiger partial charge in [-0.3, -0.25) is 4.79 Å². The summed E-state index contributed by atoms with van der Waals surface area (Å²) < 4.78 is 44.3. The number of amides is 1. The summed E-state index contributed by atoms with van der Waals surface area (Å²) in [7, 11) is 0. The number of carbonyl (C=O) groups is 1. The number of benzene rings is 2. The summed E-state index contributed by atoms with van der Waals surface area (Å²) in [6.45, 7) is -0.276. The van der Waals surface area contributed by atoms with Crippen molar-refractivity contribution in [2.45, 2.75) is 6.42 Å². The normalized spacial score (nSPS) is 10.8. The van der Waals surface area contributed by atoms with E-state index in [0.29, 0.717) is 24.4 Å². The summed E-state index contributed by atoms with van der Waals surface area (Å²) in [5, 5.41) is 2.56. The maximum atomic E-state index is 13.4. The summed E-state index contributed by atoms with van der Waals surface area (Å²) >= 11 is 0. The molecule has 0 fully saturated rings. The first kappa shape index (κ1) is 16.8. The molecule has 0 radical (unpaired) electrons. The van der Waals surface area contributed by atoms with Gasteiger partial charge in [-0.05, 0) is 12.1 Å². The molecule has 1 aromatic heterocycles. The Bertz CT molecular complexity index is 878. The molecule has 2 N–H and O–H groups in total. The third-order valence-corrected chi connectivity index (χ3v) is 3.44. The van der Waals surface area contributed by atoms with E-state index >= 15 is 0 Å². The molecule has 2 aromatic carbocycles. The van der Waals surface area contributed by atoms with Crippen molar-refractivity contribution in [1.82, 2.24) is 15.3 Å². The SMILES string of the molecule is O=C(COc1cc(F)cc(F)c1F)NCCc1nc2ccccc2[nH]1. The number of nitrogens with zero attached hydrogens (tertiary/aromatic N) is 1. The average Bonchev–Trinajstić information content (AvgIpc) is 2.99. The number of hydrogen-bond donors (Lipinski definition) is 2. The molecular weight excluding hydrogens is 335 g/mol. The smallest absolute Gasteiger partial charge is 0.257 e. The number of para-hydroxylation sites is 2. The number of imidazole rings is 1. The number of rotatable bonds is 6. The van der Waals surface area contributed by atoms with Crippen LogP contribution in [0.15, 0.2) is 36.4 Å².